The summed E-state index contributed by atoms with van der Waals surface area (Å²) in [5.41, 5.74) is 3.11. The van der Waals surface area contributed by atoms with Crippen LogP contribution in [-0.2, 0) is 75.3 Å². The molecule has 4 unspecified atom stereocenters. The second kappa shape index (κ2) is 53.7. The molecule has 1 saturated carbocycles. The summed E-state index contributed by atoms with van der Waals surface area (Å²) in [6.45, 7) is 11.3. The van der Waals surface area contributed by atoms with Gasteiger partial charge in [-0.05, 0) is 131 Å². The molecule has 32 nitrogen and oxygen atoms in total. The highest BCUT2D eigenvalue weighted by Crippen LogP contribution is 2.36. The van der Waals surface area contributed by atoms with E-state index in [1.165, 1.54) is 17.3 Å². The molecular formula is C82H106N8O24. The van der Waals surface area contributed by atoms with E-state index < -0.39 is 53.4 Å². The van der Waals surface area contributed by atoms with Gasteiger partial charge in [0.05, 0.1) is 72.9 Å². The van der Waals surface area contributed by atoms with Gasteiger partial charge in [-0.25, -0.2) is 4.79 Å². The Morgan fingerprint density at radius 1 is 0.544 bits per heavy atom. The summed E-state index contributed by atoms with van der Waals surface area (Å²) in [6.07, 6.45) is 29.2. The number of carboxylic acid groups (broad SMARTS) is 6. The van der Waals surface area contributed by atoms with Gasteiger partial charge in [-0.3, -0.25) is 63.1 Å². The van der Waals surface area contributed by atoms with Gasteiger partial charge in [0.1, 0.15) is 28.8 Å². The van der Waals surface area contributed by atoms with Crippen LogP contribution in [0.3, 0.4) is 0 Å². The topological polar surface area (TPSA) is 507 Å². The van der Waals surface area contributed by atoms with Crippen molar-refractivity contribution >= 4 is 84.3 Å². The number of benzene rings is 1. The first kappa shape index (κ1) is 96.0. The van der Waals surface area contributed by atoms with Crippen LogP contribution in [0.25, 0.3) is 0 Å². The first-order valence-corrected chi connectivity index (χ1v) is 36.7. The predicted octanol–water partition coefficient (Wildman–Crippen LogP) is 10.1. The molecule has 9 heterocycles. The maximum Gasteiger partial charge on any atom is 0.335 e. The molecule has 5 aromatic heterocycles. The maximum atomic E-state index is 11.7. The van der Waals surface area contributed by atoms with Crippen LogP contribution in [0.5, 0.6) is 0 Å². The maximum absolute atomic E-state index is 11.7. The van der Waals surface area contributed by atoms with Crippen molar-refractivity contribution in [1.82, 2.24) is 20.9 Å². The van der Waals surface area contributed by atoms with Gasteiger partial charge in [-0.15, -0.1) is 0 Å². The van der Waals surface area contributed by atoms with Gasteiger partial charge in [-0.2, -0.15) is 0 Å². The molecule has 6 aromatic rings. The van der Waals surface area contributed by atoms with E-state index in [1.54, 1.807) is 153 Å². The fourth-order valence-electron chi connectivity index (χ4n) is 10.1. The van der Waals surface area contributed by atoms with Crippen LogP contribution in [0.1, 0.15) is 150 Å². The number of aromatic carboxylic acids is 1. The van der Waals surface area contributed by atoms with Crippen molar-refractivity contribution < 1.29 is 116 Å². The van der Waals surface area contributed by atoms with E-state index in [0.717, 1.165) is 53.6 Å². The zero-order chi connectivity index (χ0) is 84.4. The number of furan rings is 5. The third kappa shape index (κ3) is 41.2. The van der Waals surface area contributed by atoms with Crippen molar-refractivity contribution in [1.29, 1.82) is 0 Å². The number of carbonyl (C=O) groups excluding carboxylic acids is 4. The lowest BCUT2D eigenvalue weighted by Crippen LogP contribution is -2.46. The zero-order valence-electron chi connectivity index (χ0n) is 65.1. The highest BCUT2D eigenvalue weighted by Gasteiger charge is 2.35. The van der Waals surface area contributed by atoms with E-state index in [9.17, 15) is 47.9 Å². The molecule has 618 valence electrons. The molecular weight excluding hydrogens is 1480 g/mol. The fraction of sp³-hybridized carbons (Fsp3) is 0.415. The number of amides is 4. The largest absolute Gasteiger partial charge is 0.481 e. The molecule has 4 atom stereocenters. The molecule has 4 amide bonds. The molecule has 12 N–H and O–H groups in total. The number of nitrogens with zero attached hydrogens (tertiary/aromatic N) is 5. The molecule has 1 fully saturated rings. The second-order valence-electron chi connectivity index (χ2n) is 27.3. The first-order valence-electron chi connectivity index (χ1n) is 36.7. The Labute approximate surface area is 660 Å². The highest BCUT2D eigenvalue weighted by molar-refractivity contribution is 6.00. The Balaban J connectivity index is 0.000000333. The van der Waals surface area contributed by atoms with E-state index in [2.05, 4.69) is 35.9 Å². The number of hydrogen-bond acceptors (Lipinski definition) is 22. The van der Waals surface area contributed by atoms with Gasteiger partial charge in [0.25, 0.3) is 5.91 Å². The number of aliphatic hydroxyl groups is 3. The third-order valence-corrected chi connectivity index (χ3v) is 16.5. The summed E-state index contributed by atoms with van der Waals surface area (Å²) in [5.74, 6) is -1.53. The molecule has 0 spiro atoms. The normalized spacial score (nSPS) is 15.2. The number of likely N-dealkylation sites (N-methyl/N-ethyl adjacent to an activating group) is 1. The molecule has 0 bridgehead atoms. The average molecular weight is 1590 g/mol. The Morgan fingerprint density at radius 2 is 1.01 bits per heavy atom. The Kier molecular flexibility index (Phi) is 45.2. The number of aryl methyl sites for hydroxylation is 1. The number of aliphatic hydroxyl groups excluding tert-OH is 3. The molecule has 1 aliphatic carbocycles. The van der Waals surface area contributed by atoms with Crippen molar-refractivity contribution in [3.05, 3.63) is 203 Å². The molecule has 32 heteroatoms. The number of aliphatic carboxylic acids is 5. The minimum absolute atomic E-state index is 0.0765. The van der Waals surface area contributed by atoms with Crippen molar-refractivity contribution in [2.24, 2.45) is 49.6 Å². The van der Waals surface area contributed by atoms with Gasteiger partial charge >= 0.3 is 35.8 Å². The lowest BCUT2D eigenvalue weighted by Gasteiger charge is -2.31. The Hall–Kier alpha value is -12.2. The molecule has 11 rings (SSSR count). The number of rotatable bonds is 31. The van der Waals surface area contributed by atoms with Gasteiger partial charge < -0.3 is 88.9 Å². The first-order chi connectivity index (χ1) is 54.3. The Morgan fingerprint density at radius 3 is 1.44 bits per heavy atom. The van der Waals surface area contributed by atoms with E-state index in [4.69, 9.17) is 68.0 Å². The van der Waals surface area contributed by atoms with Gasteiger partial charge in [-0.1, -0.05) is 39.0 Å². The summed E-state index contributed by atoms with van der Waals surface area (Å²) in [5, 5.41) is 85.9. The van der Waals surface area contributed by atoms with Crippen LogP contribution in [0.4, 0.5) is 0 Å². The molecule has 114 heavy (non-hydrogen) atoms. The standard InChI is InChI=1S/C12H10O3.C10H14N2O3.C10H12O3.C9H14N2O2.C9H12O3.2C8H12N2O2.2C8H10O3/c13-12(14)11-6-2-1-4-9(11)8-10-5-3-7-15-10;1-7(10(14)15)6-12(2)9(13)8-3-4-11-5-8;11-10(12)8-4-7(5-8)6-9-2-1-3-13-9;1-9(2,6-12)11-8(13)7-3-4-10-5-7;1-7(6-9(10)11)5-8-3-2-4-12-8;1-6(11)4-10-8(12)7-2-3-9-5-7;11-5-1-3-10-8(12)7-2-4-9-6-7;1-6(8(9)10)5-7-3-2-4-11-7;9-8(10)5-1-3-7-4-2-6-11-7/h1-7H,8H2,(H,13,14);4-5,7H,3,6H2,1-2H3,(H,14,15);1-3,7-8H,4-6H2,(H,11,12);4-5,12H,3,6H2,1-2H3,(H,11,13);2-4,7H,5-6H2,1H3,(H,10,11);3,5-6,11H,2,4H2,1H3,(H,10,12);4,6,11H,1-3,5H2,(H,10,12);2-4,6H,5H2,1H3,(H,9,10);2,4,6H,1,3,5H2,(H,9,10). The smallest absolute Gasteiger partial charge is 0.335 e. The van der Waals surface area contributed by atoms with Gasteiger partial charge in [0.2, 0.25) is 17.7 Å². The lowest BCUT2D eigenvalue weighted by molar-refractivity contribution is -0.146. The average Bonchev–Trinajstić information content (AvgIpc) is 1.02. The van der Waals surface area contributed by atoms with Crippen LogP contribution in [0.2, 0.25) is 0 Å². The lowest BCUT2D eigenvalue weighted by atomic mass is 9.73. The fourth-order valence-corrected chi connectivity index (χ4v) is 10.1. The van der Waals surface area contributed by atoms with Crippen LogP contribution < -0.4 is 16.0 Å². The predicted molar refractivity (Wildman–Crippen MR) is 421 cm³/mol. The van der Waals surface area contributed by atoms with Crippen LogP contribution in [0.15, 0.2) is 205 Å². The summed E-state index contributed by atoms with van der Waals surface area (Å²) in [7, 11) is 1.60. The van der Waals surface area contributed by atoms with Crippen LogP contribution >= 0.6 is 0 Å². The second-order valence-corrected chi connectivity index (χ2v) is 27.3. The highest BCUT2D eigenvalue weighted by atomic mass is 16.4. The minimum Gasteiger partial charge on any atom is -0.481 e. The number of carbonyl (C=O) groups is 10. The number of carboxylic acids is 6. The molecule has 5 aliphatic rings. The number of nitrogens with one attached hydrogen (secondary N) is 3. The molecule has 0 radical (unpaired) electrons. The minimum atomic E-state index is -0.905. The summed E-state index contributed by atoms with van der Waals surface area (Å²) in [6, 6.07) is 25.2. The van der Waals surface area contributed by atoms with E-state index >= 15 is 0 Å². The van der Waals surface area contributed by atoms with Crippen molar-refractivity contribution in [3.63, 3.8) is 0 Å². The monoisotopic (exact) mass is 1590 g/mol. The van der Waals surface area contributed by atoms with E-state index in [0.29, 0.717) is 105 Å². The molecule has 4 aliphatic heterocycles. The number of aliphatic imine (C=N–C) groups is 4. The summed E-state index contributed by atoms with van der Waals surface area (Å²) in [4.78, 5) is 125. The third-order valence-electron chi connectivity index (χ3n) is 16.5. The zero-order valence-corrected chi connectivity index (χ0v) is 65.1. The van der Waals surface area contributed by atoms with Gasteiger partial charge in [0, 0.05) is 176 Å². The summed E-state index contributed by atoms with van der Waals surface area (Å²) < 4.78 is 25.5. The Bertz CT molecular complexity index is 4140. The van der Waals surface area contributed by atoms with Crippen molar-refractivity contribution in [2.45, 2.75) is 149 Å². The van der Waals surface area contributed by atoms with Crippen LogP contribution in [-0.4, -0.2) is 187 Å². The SMILES string of the molecule is CC(C)(CO)NC(=O)C1=CN=CC1.CC(CC(=O)O)Cc1ccco1.CC(CN(C)C(=O)C1=CN=CC1)C(=O)O.CC(Cc1ccco1)C(=O)O.CC(O)CNC(=O)C1=CN=CC1.O=C(NCCCO)C1=CN=CC1.O=C(O)C1CC(Cc2ccco2)C1.O=C(O)CCCc1ccco1.O=C(O)c1ccccc1Cc1ccco1. The van der Waals surface area contributed by atoms with Crippen molar-refractivity contribution in [3.8, 4) is 0 Å². The van der Waals surface area contributed by atoms with E-state index in [1.807, 2.05) is 49.4 Å². The van der Waals surface area contributed by atoms with Crippen molar-refractivity contribution in [2.75, 3.05) is 39.9 Å². The quantitative estimate of drug-likeness (QED) is 0.0180. The van der Waals surface area contributed by atoms with E-state index in [-0.39, 0.29) is 80.5 Å². The molecule has 0 saturated heterocycles. The van der Waals surface area contributed by atoms with Gasteiger partial charge in [0.15, 0.2) is 0 Å². The summed E-state index contributed by atoms with van der Waals surface area (Å²) >= 11 is 0. The number of hydrogen-bond donors (Lipinski definition) is 12. The molecule has 1 aromatic carbocycles. The van der Waals surface area contributed by atoms with Crippen LogP contribution in [0, 0.1) is 29.6 Å².